The second-order valence-corrected chi connectivity index (χ2v) is 3.59. The number of ether oxygens (including phenoxy) is 2. The van der Waals surface area contributed by atoms with Crippen LogP contribution in [0.3, 0.4) is 0 Å². The number of hydrogen-bond donors (Lipinski definition) is 2. The Labute approximate surface area is 93.3 Å². The molecule has 0 amide bonds. The van der Waals surface area contributed by atoms with Gasteiger partial charge in [0, 0.05) is 19.8 Å². The Hall–Kier alpha value is -0.160. The quantitative estimate of drug-likeness (QED) is 0.505. The van der Waals surface area contributed by atoms with Crippen LogP contribution in [0.25, 0.3) is 0 Å². The van der Waals surface area contributed by atoms with Crippen molar-refractivity contribution in [3.63, 3.8) is 0 Å². The van der Waals surface area contributed by atoms with E-state index in [1.165, 1.54) is 0 Å². The first-order valence-corrected chi connectivity index (χ1v) is 5.94. The van der Waals surface area contributed by atoms with E-state index < -0.39 is 0 Å². The fourth-order valence-electron chi connectivity index (χ4n) is 1.24. The van der Waals surface area contributed by atoms with E-state index in [2.05, 4.69) is 6.92 Å². The van der Waals surface area contributed by atoms with Crippen molar-refractivity contribution >= 4 is 0 Å². The van der Waals surface area contributed by atoms with E-state index in [4.69, 9.17) is 20.9 Å². The maximum absolute atomic E-state index is 5.65. The molecule has 0 spiro atoms. The zero-order chi connectivity index (χ0) is 11.4. The Kier molecular flexibility index (Phi) is 11.8. The smallest absolute Gasteiger partial charge is 0.0594 e. The van der Waals surface area contributed by atoms with Crippen LogP contribution in [0.4, 0.5) is 0 Å². The Bertz CT molecular complexity index is 123. The topological polar surface area (TPSA) is 70.5 Å². The van der Waals surface area contributed by atoms with Crippen LogP contribution in [0, 0.1) is 0 Å². The van der Waals surface area contributed by atoms with Crippen molar-refractivity contribution < 1.29 is 9.47 Å². The predicted octanol–water partition coefficient (Wildman–Crippen LogP) is 0.886. The minimum Gasteiger partial charge on any atom is -0.381 e. The maximum atomic E-state index is 5.65. The molecule has 0 aromatic carbocycles. The zero-order valence-electron chi connectivity index (χ0n) is 9.91. The Morgan fingerprint density at radius 1 is 1.00 bits per heavy atom. The van der Waals surface area contributed by atoms with Crippen molar-refractivity contribution in [1.82, 2.24) is 0 Å². The Morgan fingerprint density at radius 2 is 1.67 bits per heavy atom. The molecule has 4 heteroatoms. The molecule has 0 rings (SSSR count). The van der Waals surface area contributed by atoms with E-state index in [0.29, 0.717) is 19.2 Å². The van der Waals surface area contributed by atoms with Crippen LogP contribution in [0.2, 0.25) is 0 Å². The van der Waals surface area contributed by atoms with Crippen LogP contribution in [0.1, 0.15) is 32.6 Å². The van der Waals surface area contributed by atoms with Crippen molar-refractivity contribution in [3.05, 3.63) is 0 Å². The third-order valence-corrected chi connectivity index (χ3v) is 2.23. The van der Waals surface area contributed by atoms with Gasteiger partial charge < -0.3 is 20.9 Å². The van der Waals surface area contributed by atoms with E-state index in [-0.39, 0.29) is 0 Å². The first kappa shape index (κ1) is 14.8. The molecule has 0 fully saturated rings. The van der Waals surface area contributed by atoms with Crippen LogP contribution < -0.4 is 11.5 Å². The lowest BCUT2D eigenvalue weighted by Gasteiger charge is -2.15. The van der Waals surface area contributed by atoms with Crippen LogP contribution in [0.15, 0.2) is 0 Å². The van der Waals surface area contributed by atoms with E-state index in [1.807, 2.05) is 0 Å². The van der Waals surface area contributed by atoms with Crippen LogP contribution >= 0.6 is 0 Å². The van der Waals surface area contributed by atoms with Gasteiger partial charge in [0.2, 0.25) is 0 Å². The van der Waals surface area contributed by atoms with Crippen molar-refractivity contribution in [2.45, 2.75) is 38.7 Å². The van der Waals surface area contributed by atoms with E-state index in [1.54, 1.807) is 0 Å². The minimum atomic E-state index is 0.314. The molecular weight excluding hydrogens is 192 g/mol. The Morgan fingerprint density at radius 3 is 2.27 bits per heavy atom. The molecule has 0 saturated heterocycles. The molecule has 92 valence electrons. The van der Waals surface area contributed by atoms with Crippen molar-refractivity contribution in [2.24, 2.45) is 11.5 Å². The fraction of sp³-hybridized carbons (Fsp3) is 1.00. The highest BCUT2D eigenvalue weighted by atomic mass is 16.5. The molecule has 1 atom stereocenters. The van der Waals surface area contributed by atoms with Gasteiger partial charge in [0.05, 0.1) is 6.10 Å². The molecule has 1 unspecified atom stereocenters. The van der Waals surface area contributed by atoms with Crippen molar-refractivity contribution in [1.29, 1.82) is 0 Å². The average Bonchev–Trinajstić information content (AvgIpc) is 2.26. The molecule has 0 aliphatic rings. The zero-order valence-corrected chi connectivity index (χ0v) is 9.91. The maximum Gasteiger partial charge on any atom is 0.0594 e. The first-order chi connectivity index (χ1) is 7.35. The second-order valence-electron chi connectivity index (χ2n) is 3.59. The van der Waals surface area contributed by atoms with Gasteiger partial charge in [-0.1, -0.05) is 6.92 Å². The summed E-state index contributed by atoms with van der Waals surface area (Å²) in [5.74, 6) is 0. The summed E-state index contributed by atoms with van der Waals surface area (Å²) in [6.45, 7) is 5.81. The summed E-state index contributed by atoms with van der Waals surface area (Å²) in [6.07, 6.45) is 4.18. The lowest BCUT2D eigenvalue weighted by Crippen LogP contribution is -2.17. The van der Waals surface area contributed by atoms with Crippen LogP contribution in [0.5, 0.6) is 0 Å². The largest absolute Gasteiger partial charge is 0.381 e. The van der Waals surface area contributed by atoms with Gasteiger partial charge in [0.1, 0.15) is 0 Å². The van der Waals surface area contributed by atoms with Gasteiger partial charge in [-0.25, -0.2) is 0 Å². The van der Waals surface area contributed by atoms with Gasteiger partial charge in [-0.3, -0.25) is 0 Å². The lowest BCUT2D eigenvalue weighted by atomic mass is 10.2. The van der Waals surface area contributed by atoms with Gasteiger partial charge in [0.15, 0.2) is 0 Å². The molecule has 0 heterocycles. The average molecular weight is 218 g/mol. The van der Waals surface area contributed by atoms with Gasteiger partial charge >= 0.3 is 0 Å². The molecule has 4 N–H and O–H groups in total. The van der Waals surface area contributed by atoms with Gasteiger partial charge in [-0.2, -0.15) is 0 Å². The molecule has 0 radical (unpaired) electrons. The van der Waals surface area contributed by atoms with Gasteiger partial charge in [0.25, 0.3) is 0 Å². The highest BCUT2D eigenvalue weighted by molar-refractivity contribution is 4.55. The summed E-state index contributed by atoms with van der Waals surface area (Å²) < 4.78 is 11.1. The third-order valence-electron chi connectivity index (χ3n) is 2.23. The van der Waals surface area contributed by atoms with E-state index in [9.17, 15) is 0 Å². The monoisotopic (exact) mass is 218 g/mol. The SMILES string of the molecule is CCC(CCOCCCN)OCCCN. The molecule has 4 nitrogen and oxygen atoms in total. The summed E-state index contributed by atoms with van der Waals surface area (Å²) >= 11 is 0. The lowest BCUT2D eigenvalue weighted by molar-refractivity contribution is 0.0188. The highest BCUT2D eigenvalue weighted by Crippen LogP contribution is 2.04. The summed E-state index contributed by atoms with van der Waals surface area (Å²) in [4.78, 5) is 0. The molecule has 0 aliphatic heterocycles. The second kappa shape index (κ2) is 11.9. The Balaban J connectivity index is 3.28. The summed E-state index contributed by atoms with van der Waals surface area (Å²) in [5, 5.41) is 0. The summed E-state index contributed by atoms with van der Waals surface area (Å²) in [7, 11) is 0. The highest BCUT2D eigenvalue weighted by Gasteiger charge is 2.05. The number of hydrogen-bond acceptors (Lipinski definition) is 4. The first-order valence-electron chi connectivity index (χ1n) is 5.94. The van der Waals surface area contributed by atoms with Crippen molar-refractivity contribution in [3.8, 4) is 0 Å². The van der Waals surface area contributed by atoms with Crippen molar-refractivity contribution in [2.75, 3.05) is 32.9 Å². The summed E-state index contributed by atoms with van der Waals surface area (Å²) in [5.41, 5.74) is 10.8. The number of nitrogens with two attached hydrogens (primary N) is 2. The summed E-state index contributed by atoms with van der Waals surface area (Å²) in [6, 6.07) is 0. The molecule has 15 heavy (non-hydrogen) atoms. The van der Waals surface area contributed by atoms with E-state index in [0.717, 1.165) is 45.5 Å². The van der Waals surface area contributed by atoms with Gasteiger partial charge in [-0.05, 0) is 38.8 Å². The van der Waals surface area contributed by atoms with Crippen LogP contribution in [-0.2, 0) is 9.47 Å². The molecule has 0 saturated carbocycles. The normalized spacial score (nSPS) is 13.0. The fourth-order valence-corrected chi connectivity index (χ4v) is 1.24. The number of rotatable bonds is 11. The molecular formula is C11H26N2O2. The molecule has 0 aliphatic carbocycles. The standard InChI is InChI=1S/C11H26N2O2/c1-2-11(15-9-4-7-13)5-10-14-8-3-6-12/h11H,2-10,12-13H2,1H3. The predicted molar refractivity (Wildman–Crippen MR) is 62.8 cm³/mol. The van der Waals surface area contributed by atoms with E-state index >= 15 is 0 Å². The third kappa shape index (κ3) is 10.1. The van der Waals surface area contributed by atoms with Crippen LogP contribution in [-0.4, -0.2) is 39.0 Å². The molecule has 0 bridgehead atoms. The van der Waals surface area contributed by atoms with Gasteiger partial charge in [-0.15, -0.1) is 0 Å². The minimum absolute atomic E-state index is 0.314. The molecule has 0 aromatic rings. The molecule has 0 aromatic heterocycles.